The Morgan fingerprint density at radius 1 is 1.39 bits per heavy atom. The molecule has 1 aromatic rings. The van der Waals surface area contributed by atoms with Gasteiger partial charge < -0.3 is 4.74 Å². The average molecular weight is 264 g/mol. The maximum absolute atomic E-state index is 11.4. The largest absolute Gasteiger partial charge is 0.463 e. The first-order chi connectivity index (χ1) is 8.77. The molecule has 0 aliphatic rings. The molecular formula is C15H20O2S. The van der Waals surface area contributed by atoms with E-state index in [9.17, 15) is 4.79 Å². The summed E-state index contributed by atoms with van der Waals surface area (Å²) < 4.78 is 5.07. The van der Waals surface area contributed by atoms with Gasteiger partial charge in [-0.25, -0.2) is 4.79 Å². The van der Waals surface area contributed by atoms with Gasteiger partial charge in [0.05, 0.1) is 6.61 Å². The highest BCUT2D eigenvalue weighted by atomic mass is 32.2. The van der Waals surface area contributed by atoms with Crippen LogP contribution in [0.1, 0.15) is 30.9 Å². The summed E-state index contributed by atoms with van der Waals surface area (Å²) in [6.07, 6.45) is 7.37. The number of rotatable bonds is 7. The highest BCUT2D eigenvalue weighted by Crippen LogP contribution is 2.16. The molecule has 0 N–H and O–H groups in total. The Balaban J connectivity index is 2.57. The first-order valence-corrected chi connectivity index (χ1v) is 7.59. The van der Waals surface area contributed by atoms with E-state index >= 15 is 0 Å². The molecule has 2 nitrogen and oxygen atoms in total. The molecule has 3 heteroatoms. The Labute approximate surface area is 113 Å². The third-order valence-electron chi connectivity index (χ3n) is 2.50. The normalized spacial score (nSPS) is 10.8. The van der Waals surface area contributed by atoms with Crippen molar-refractivity contribution in [3.8, 4) is 0 Å². The van der Waals surface area contributed by atoms with Crippen molar-refractivity contribution in [2.75, 3.05) is 12.9 Å². The van der Waals surface area contributed by atoms with E-state index in [2.05, 4.69) is 19.2 Å². The molecule has 0 saturated carbocycles. The lowest BCUT2D eigenvalue weighted by Crippen LogP contribution is -2.01. The lowest BCUT2D eigenvalue weighted by Gasteiger charge is -2.03. The zero-order valence-corrected chi connectivity index (χ0v) is 11.8. The molecule has 0 amide bonds. The maximum Gasteiger partial charge on any atom is 0.330 e. The van der Waals surface area contributed by atoms with Crippen molar-refractivity contribution in [1.82, 2.24) is 0 Å². The maximum atomic E-state index is 11.4. The number of carbonyl (C=O) groups is 1. The Morgan fingerprint density at radius 3 is 2.89 bits per heavy atom. The van der Waals surface area contributed by atoms with Gasteiger partial charge in [-0.3, -0.25) is 0 Å². The Bertz CT molecular complexity index is 399. The minimum absolute atomic E-state index is 0.262. The summed E-state index contributed by atoms with van der Waals surface area (Å²) in [6, 6.07) is 8.09. The van der Waals surface area contributed by atoms with Gasteiger partial charge in [0.1, 0.15) is 0 Å². The second-order valence-corrected chi connectivity index (χ2v) is 4.85. The third kappa shape index (κ3) is 5.41. The molecule has 1 aromatic carbocycles. The van der Waals surface area contributed by atoms with Crippen LogP contribution in [-0.4, -0.2) is 18.8 Å². The van der Waals surface area contributed by atoms with Gasteiger partial charge >= 0.3 is 5.97 Å². The predicted molar refractivity (Wildman–Crippen MR) is 78.6 cm³/mol. The van der Waals surface area contributed by atoms with Crippen molar-refractivity contribution < 1.29 is 9.53 Å². The van der Waals surface area contributed by atoms with E-state index in [-0.39, 0.29) is 5.97 Å². The minimum atomic E-state index is -0.262. The van der Waals surface area contributed by atoms with Gasteiger partial charge in [-0.1, -0.05) is 37.6 Å². The molecule has 0 bridgehead atoms. The highest BCUT2D eigenvalue weighted by Gasteiger charge is 1.99. The van der Waals surface area contributed by atoms with E-state index in [0.717, 1.165) is 24.2 Å². The van der Waals surface area contributed by atoms with Crippen LogP contribution >= 0.6 is 11.8 Å². The predicted octanol–water partition coefficient (Wildman–Crippen LogP) is 3.91. The van der Waals surface area contributed by atoms with Crippen LogP contribution in [0.3, 0.4) is 0 Å². The topological polar surface area (TPSA) is 26.3 Å². The quantitative estimate of drug-likeness (QED) is 0.424. The molecule has 0 spiro atoms. The van der Waals surface area contributed by atoms with Crippen molar-refractivity contribution in [2.24, 2.45) is 0 Å². The van der Waals surface area contributed by atoms with Gasteiger partial charge in [0.15, 0.2) is 0 Å². The van der Waals surface area contributed by atoms with Gasteiger partial charge in [-0.2, -0.15) is 11.8 Å². The SMILES string of the molecule is CCCCOC(=O)/C=C/c1ccccc1CSC. The summed E-state index contributed by atoms with van der Waals surface area (Å²) in [5, 5.41) is 0. The van der Waals surface area contributed by atoms with Crippen LogP contribution in [0.2, 0.25) is 0 Å². The van der Waals surface area contributed by atoms with Crippen LogP contribution in [0, 0.1) is 0 Å². The minimum Gasteiger partial charge on any atom is -0.463 e. The third-order valence-corrected chi connectivity index (χ3v) is 3.10. The standard InChI is InChI=1S/C15H20O2S/c1-3-4-11-17-15(16)10-9-13-7-5-6-8-14(13)12-18-2/h5-10H,3-4,11-12H2,1-2H3/b10-9+. The molecule has 18 heavy (non-hydrogen) atoms. The molecule has 1 rings (SSSR count). The second kappa shape index (κ2) is 8.81. The van der Waals surface area contributed by atoms with Gasteiger partial charge in [-0.05, 0) is 29.9 Å². The smallest absolute Gasteiger partial charge is 0.330 e. The number of hydrogen-bond acceptors (Lipinski definition) is 3. The number of benzene rings is 1. The number of ether oxygens (including phenoxy) is 1. The molecule has 98 valence electrons. The van der Waals surface area contributed by atoms with Crippen LogP contribution in [0.4, 0.5) is 0 Å². The Hall–Kier alpha value is -1.22. The van der Waals surface area contributed by atoms with Crippen molar-refractivity contribution in [1.29, 1.82) is 0 Å². The molecule has 0 heterocycles. The van der Waals surface area contributed by atoms with Gasteiger partial charge in [0.25, 0.3) is 0 Å². The van der Waals surface area contributed by atoms with E-state index in [1.54, 1.807) is 11.8 Å². The molecule has 0 aliphatic heterocycles. The first kappa shape index (κ1) is 14.8. The van der Waals surface area contributed by atoms with Gasteiger partial charge in [0.2, 0.25) is 0 Å². The molecular weight excluding hydrogens is 244 g/mol. The van der Waals surface area contributed by atoms with Crippen LogP contribution in [-0.2, 0) is 15.3 Å². The van der Waals surface area contributed by atoms with Crippen LogP contribution in [0.15, 0.2) is 30.3 Å². The van der Waals surface area contributed by atoms with Crippen molar-refractivity contribution in [3.63, 3.8) is 0 Å². The summed E-state index contributed by atoms with van der Waals surface area (Å²) >= 11 is 1.77. The summed E-state index contributed by atoms with van der Waals surface area (Å²) in [7, 11) is 0. The van der Waals surface area contributed by atoms with Crippen molar-refractivity contribution in [3.05, 3.63) is 41.5 Å². The lowest BCUT2D eigenvalue weighted by molar-refractivity contribution is -0.137. The fourth-order valence-corrected chi connectivity index (χ4v) is 2.08. The van der Waals surface area contributed by atoms with Crippen LogP contribution in [0.5, 0.6) is 0 Å². The average Bonchev–Trinajstić information content (AvgIpc) is 2.38. The number of hydrogen-bond donors (Lipinski definition) is 0. The number of esters is 1. The van der Waals surface area contributed by atoms with E-state index in [0.29, 0.717) is 6.61 Å². The van der Waals surface area contributed by atoms with Gasteiger partial charge in [0, 0.05) is 11.8 Å². The van der Waals surface area contributed by atoms with Gasteiger partial charge in [-0.15, -0.1) is 0 Å². The van der Waals surface area contributed by atoms with E-state index in [1.807, 2.05) is 24.3 Å². The molecule has 0 aromatic heterocycles. The fraction of sp³-hybridized carbons (Fsp3) is 0.400. The van der Waals surface area contributed by atoms with Crippen LogP contribution in [0.25, 0.3) is 6.08 Å². The molecule has 0 fully saturated rings. The van der Waals surface area contributed by atoms with Crippen LogP contribution < -0.4 is 0 Å². The Kier molecular flexibility index (Phi) is 7.26. The number of carbonyl (C=O) groups excluding carboxylic acids is 1. The molecule has 0 radical (unpaired) electrons. The summed E-state index contributed by atoms with van der Waals surface area (Å²) in [4.78, 5) is 11.4. The number of unbranched alkanes of at least 4 members (excludes halogenated alkanes) is 1. The van der Waals surface area contributed by atoms with Crippen molar-refractivity contribution in [2.45, 2.75) is 25.5 Å². The zero-order valence-electron chi connectivity index (χ0n) is 11.0. The van der Waals surface area contributed by atoms with E-state index in [4.69, 9.17) is 4.74 Å². The fourth-order valence-electron chi connectivity index (χ4n) is 1.51. The monoisotopic (exact) mass is 264 g/mol. The number of thioether (sulfide) groups is 1. The summed E-state index contributed by atoms with van der Waals surface area (Å²) in [6.45, 7) is 2.58. The molecule has 0 unspecified atom stereocenters. The van der Waals surface area contributed by atoms with Crippen molar-refractivity contribution >= 4 is 23.8 Å². The first-order valence-electron chi connectivity index (χ1n) is 6.19. The summed E-state index contributed by atoms with van der Waals surface area (Å²) in [5.41, 5.74) is 2.32. The second-order valence-electron chi connectivity index (χ2n) is 3.99. The lowest BCUT2D eigenvalue weighted by atomic mass is 10.1. The zero-order chi connectivity index (χ0) is 13.2. The van der Waals surface area contributed by atoms with E-state index in [1.165, 1.54) is 11.6 Å². The molecule has 0 atom stereocenters. The molecule has 0 saturated heterocycles. The molecule has 0 aliphatic carbocycles. The summed E-state index contributed by atoms with van der Waals surface area (Å²) in [5.74, 6) is 0.688. The van der Waals surface area contributed by atoms with E-state index < -0.39 is 0 Å². The Morgan fingerprint density at radius 2 is 2.17 bits per heavy atom. The highest BCUT2D eigenvalue weighted by molar-refractivity contribution is 7.97.